The average molecular weight is 505 g/mol. The molecule has 2 aliphatic rings. The maximum Gasteiger partial charge on any atom is 0.325 e. The van der Waals surface area contributed by atoms with Crippen molar-refractivity contribution in [1.29, 1.82) is 0 Å². The fourth-order valence-corrected chi connectivity index (χ4v) is 5.59. The zero-order valence-electron chi connectivity index (χ0n) is 18.4. The third kappa shape index (κ3) is 5.24. The number of aryl methyl sites for hydroxylation is 1. The van der Waals surface area contributed by atoms with Crippen LogP contribution in [0.25, 0.3) is 0 Å². The third-order valence-electron chi connectivity index (χ3n) is 6.01. The molecule has 0 spiro atoms. The Morgan fingerprint density at radius 1 is 0.971 bits per heavy atom. The Kier molecular flexibility index (Phi) is 7.20. The molecule has 2 aromatic carbocycles. The number of halogens is 1. The first-order chi connectivity index (χ1) is 16.3. The van der Waals surface area contributed by atoms with Crippen molar-refractivity contribution in [3.05, 3.63) is 65.2 Å². The van der Waals surface area contributed by atoms with Gasteiger partial charge < -0.3 is 10.2 Å². The molecule has 180 valence electrons. The largest absolute Gasteiger partial charge is 0.338 e. The molecule has 0 bridgehead atoms. The van der Waals surface area contributed by atoms with Gasteiger partial charge in [-0.2, -0.15) is 4.31 Å². The van der Waals surface area contributed by atoms with Gasteiger partial charge in [-0.25, -0.2) is 13.2 Å². The van der Waals surface area contributed by atoms with Crippen LogP contribution in [0.1, 0.15) is 12.0 Å². The predicted octanol–water partition coefficient (Wildman–Crippen LogP) is 1.73. The van der Waals surface area contributed by atoms with E-state index in [4.69, 9.17) is 11.6 Å². The highest BCUT2D eigenvalue weighted by Gasteiger charge is 2.40. The van der Waals surface area contributed by atoms with E-state index in [9.17, 15) is 22.8 Å². The van der Waals surface area contributed by atoms with Gasteiger partial charge in [0.25, 0.3) is 5.91 Å². The number of imide groups is 1. The summed E-state index contributed by atoms with van der Waals surface area (Å²) in [5.41, 5.74) is 1.06. The topological polar surface area (TPSA) is 107 Å². The van der Waals surface area contributed by atoms with E-state index in [0.29, 0.717) is 17.9 Å². The number of nitrogens with zero attached hydrogens (tertiary/aromatic N) is 3. The summed E-state index contributed by atoms with van der Waals surface area (Å²) in [6.07, 6.45) is 1.07. The minimum Gasteiger partial charge on any atom is -0.338 e. The number of amides is 4. The maximum absolute atomic E-state index is 12.8. The number of rotatable bonds is 7. The van der Waals surface area contributed by atoms with Crippen LogP contribution in [0.5, 0.6) is 0 Å². The van der Waals surface area contributed by atoms with Crippen molar-refractivity contribution in [3.63, 3.8) is 0 Å². The van der Waals surface area contributed by atoms with E-state index in [2.05, 4.69) is 5.32 Å². The SMILES string of the molecule is O=C(CN1C(=O)NC(CCc2ccccc2)C1=O)N1CCN(S(=O)(=O)c2ccc(Cl)cc2)CC1. The summed E-state index contributed by atoms with van der Waals surface area (Å²) in [4.78, 5) is 40.3. The van der Waals surface area contributed by atoms with Crippen LogP contribution in [0.4, 0.5) is 4.79 Å². The van der Waals surface area contributed by atoms with Crippen molar-refractivity contribution in [2.24, 2.45) is 0 Å². The van der Waals surface area contributed by atoms with Crippen LogP contribution >= 0.6 is 11.6 Å². The Morgan fingerprint density at radius 3 is 2.26 bits per heavy atom. The zero-order valence-corrected chi connectivity index (χ0v) is 20.0. The summed E-state index contributed by atoms with van der Waals surface area (Å²) in [6, 6.07) is 14.3. The molecule has 34 heavy (non-hydrogen) atoms. The van der Waals surface area contributed by atoms with Crippen LogP contribution < -0.4 is 5.32 Å². The Labute approximate surface area is 203 Å². The lowest BCUT2D eigenvalue weighted by Crippen LogP contribution is -2.53. The van der Waals surface area contributed by atoms with E-state index in [1.165, 1.54) is 33.5 Å². The Hall–Kier alpha value is -2.95. The standard InChI is InChI=1S/C23H25ClN4O5S/c24-18-7-9-19(10-8-18)34(32,33)27-14-12-26(13-15-27)21(29)16-28-22(30)20(25-23(28)31)11-6-17-4-2-1-3-5-17/h1-5,7-10,20H,6,11-16H2,(H,25,31). The summed E-state index contributed by atoms with van der Waals surface area (Å²) < 4.78 is 26.9. The summed E-state index contributed by atoms with van der Waals surface area (Å²) in [5.74, 6) is -0.811. The number of urea groups is 1. The molecule has 0 aliphatic carbocycles. The lowest BCUT2D eigenvalue weighted by Gasteiger charge is -2.34. The molecule has 2 heterocycles. The summed E-state index contributed by atoms with van der Waals surface area (Å²) in [7, 11) is -3.70. The van der Waals surface area contributed by atoms with Crippen LogP contribution in [0.3, 0.4) is 0 Å². The van der Waals surface area contributed by atoms with Crippen LogP contribution in [-0.2, 0) is 26.0 Å². The van der Waals surface area contributed by atoms with E-state index >= 15 is 0 Å². The van der Waals surface area contributed by atoms with Crippen molar-refractivity contribution in [2.45, 2.75) is 23.8 Å². The lowest BCUT2D eigenvalue weighted by atomic mass is 10.1. The van der Waals surface area contributed by atoms with E-state index in [1.807, 2.05) is 30.3 Å². The molecule has 0 aromatic heterocycles. The second-order valence-electron chi connectivity index (χ2n) is 8.19. The van der Waals surface area contributed by atoms with Crippen LogP contribution in [0.15, 0.2) is 59.5 Å². The molecule has 2 saturated heterocycles. The monoisotopic (exact) mass is 504 g/mol. The van der Waals surface area contributed by atoms with Gasteiger partial charge in [0.15, 0.2) is 0 Å². The van der Waals surface area contributed by atoms with Crippen molar-refractivity contribution in [2.75, 3.05) is 32.7 Å². The predicted molar refractivity (Wildman–Crippen MR) is 126 cm³/mol. The fourth-order valence-electron chi connectivity index (χ4n) is 4.05. The number of carbonyl (C=O) groups excluding carboxylic acids is 3. The molecular formula is C23H25ClN4O5S. The van der Waals surface area contributed by atoms with Gasteiger partial charge >= 0.3 is 6.03 Å². The van der Waals surface area contributed by atoms with Gasteiger partial charge in [0, 0.05) is 31.2 Å². The molecule has 1 unspecified atom stereocenters. The highest BCUT2D eigenvalue weighted by molar-refractivity contribution is 7.89. The van der Waals surface area contributed by atoms with Gasteiger partial charge in [0.05, 0.1) is 4.90 Å². The second-order valence-corrected chi connectivity index (χ2v) is 10.6. The molecule has 11 heteroatoms. The quantitative estimate of drug-likeness (QED) is 0.578. The normalized spacial score (nSPS) is 19.4. The highest BCUT2D eigenvalue weighted by atomic mass is 35.5. The van der Waals surface area contributed by atoms with Crippen molar-refractivity contribution < 1.29 is 22.8 Å². The van der Waals surface area contributed by atoms with Crippen molar-refractivity contribution in [1.82, 2.24) is 19.4 Å². The number of sulfonamides is 1. The van der Waals surface area contributed by atoms with Gasteiger partial charge in [-0.3, -0.25) is 14.5 Å². The zero-order chi connectivity index (χ0) is 24.3. The molecule has 1 N–H and O–H groups in total. The molecular weight excluding hydrogens is 480 g/mol. The first-order valence-corrected chi connectivity index (χ1v) is 12.8. The van der Waals surface area contributed by atoms with E-state index in [1.54, 1.807) is 0 Å². The first-order valence-electron chi connectivity index (χ1n) is 10.9. The summed E-state index contributed by atoms with van der Waals surface area (Å²) in [5, 5.41) is 3.09. The highest BCUT2D eigenvalue weighted by Crippen LogP contribution is 2.20. The minimum atomic E-state index is -3.70. The van der Waals surface area contributed by atoms with Crippen molar-refractivity contribution in [3.8, 4) is 0 Å². The molecule has 1 atom stereocenters. The lowest BCUT2D eigenvalue weighted by molar-refractivity contribution is -0.138. The number of piperazine rings is 1. The number of benzene rings is 2. The smallest absolute Gasteiger partial charge is 0.325 e. The van der Waals surface area contributed by atoms with E-state index in [-0.39, 0.29) is 37.6 Å². The van der Waals surface area contributed by atoms with Gasteiger partial charge in [-0.1, -0.05) is 41.9 Å². The number of nitrogens with one attached hydrogen (secondary N) is 1. The maximum atomic E-state index is 12.8. The van der Waals surface area contributed by atoms with Gasteiger partial charge in [-0.15, -0.1) is 0 Å². The molecule has 9 nitrogen and oxygen atoms in total. The number of carbonyl (C=O) groups is 3. The summed E-state index contributed by atoms with van der Waals surface area (Å²) in [6.45, 7) is 0.225. The van der Waals surface area contributed by atoms with Gasteiger partial charge in [0.2, 0.25) is 15.9 Å². The Morgan fingerprint density at radius 2 is 1.62 bits per heavy atom. The summed E-state index contributed by atoms with van der Waals surface area (Å²) >= 11 is 5.84. The van der Waals surface area contributed by atoms with Crippen LogP contribution in [-0.4, -0.2) is 79.1 Å². The Balaban J connectivity index is 1.30. The number of hydrogen-bond donors (Lipinski definition) is 1. The molecule has 2 fully saturated rings. The molecule has 4 amide bonds. The van der Waals surface area contributed by atoms with E-state index in [0.717, 1.165) is 10.5 Å². The molecule has 4 rings (SSSR count). The first kappa shape index (κ1) is 24.2. The van der Waals surface area contributed by atoms with Crippen LogP contribution in [0.2, 0.25) is 5.02 Å². The molecule has 0 radical (unpaired) electrons. The van der Waals surface area contributed by atoms with E-state index < -0.39 is 33.9 Å². The average Bonchev–Trinajstić information content (AvgIpc) is 3.11. The number of hydrogen-bond acceptors (Lipinski definition) is 5. The van der Waals surface area contributed by atoms with Gasteiger partial charge in [-0.05, 0) is 42.7 Å². The Bertz CT molecular complexity index is 1170. The molecule has 2 aliphatic heterocycles. The molecule has 0 saturated carbocycles. The second kappa shape index (κ2) is 10.1. The third-order valence-corrected chi connectivity index (χ3v) is 8.17. The molecule has 2 aromatic rings. The van der Waals surface area contributed by atoms with Crippen LogP contribution in [0, 0.1) is 0 Å². The fraction of sp³-hybridized carbons (Fsp3) is 0.348. The minimum absolute atomic E-state index is 0.122. The van der Waals surface area contributed by atoms with Crippen molar-refractivity contribution >= 4 is 39.5 Å². The van der Waals surface area contributed by atoms with Gasteiger partial charge in [0.1, 0.15) is 12.6 Å².